The summed E-state index contributed by atoms with van der Waals surface area (Å²) in [5, 5.41) is 9.06. The molecule has 0 spiro atoms. The molecule has 0 unspecified atom stereocenters. The molecule has 0 aliphatic rings. The summed E-state index contributed by atoms with van der Waals surface area (Å²) in [6, 6.07) is 2.69. The molecule has 1 rings (SSSR count). The van der Waals surface area contributed by atoms with E-state index in [-0.39, 0.29) is 16.6 Å². The van der Waals surface area contributed by atoms with E-state index in [1.807, 2.05) is 0 Å². The highest BCUT2D eigenvalue weighted by molar-refractivity contribution is 6.29. The molecule has 0 aliphatic heterocycles. The minimum absolute atomic E-state index is 0.0762. The molecule has 0 radical (unpaired) electrons. The lowest BCUT2D eigenvalue weighted by Crippen LogP contribution is -2.27. The lowest BCUT2D eigenvalue weighted by molar-refractivity contribution is 0.0684. The molecule has 1 N–H and O–H groups in total. The third kappa shape index (κ3) is 2.88. The third-order valence-electron chi connectivity index (χ3n) is 1.76. The van der Waals surface area contributed by atoms with Crippen LogP contribution in [0.3, 0.4) is 0 Å². The first-order valence-corrected chi connectivity index (χ1v) is 4.80. The zero-order chi connectivity index (χ0) is 12.3. The van der Waals surface area contributed by atoms with Crippen molar-refractivity contribution in [3.05, 3.63) is 22.8 Å². The number of hydrogen-bond acceptors (Lipinski definition) is 3. The van der Waals surface area contributed by atoms with Gasteiger partial charge in [-0.25, -0.2) is 9.78 Å². The zero-order valence-corrected chi connectivity index (χ0v) is 9.58. The Hall–Kier alpha value is -1.73. The number of aromatic carboxylic acids is 1. The summed E-state index contributed by atoms with van der Waals surface area (Å²) in [7, 11) is 0. The SMILES string of the molecule is C#CC(C)(C)Oc1nc(Cl)ccc1C(=O)O. The van der Waals surface area contributed by atoms with Crippen LogP contribution in [0.5, 0.6) is 5.88 Å². The second-order valence-electron chi connectivity index (χ2n) is 3.55. The van der Waals surface area contributed by atoms with Gasteiger partial charge in [-0.3, -0.25) is 0 Å². The van der Waals surface area contributed by atoms with Crippen LogP contribution < -0.4 is 4.74 Å². The van der Waals surface area contributed by atoms with Gasteiger partial charge in [0.15, 0.2) is 5.60 Å². The van der Waals surface area contributed by atoms with Gasteiger partial charge in [-0.15, -0.1) is 6.42 Å². The van der Waals surface area contributed by atoms with E-state index in [4.69, 9.17) is 27.9 Å². The van der Waals surface area contributed by atoms with Crippen LogP contribution in [-0.2, 0) is 0 Å². The molecule has 1 heterocycles. The van der Waals surface area contributed by atoms with Crippen LogP contribution in [0, 0.1) is 12.3 Å². The quantitative estimate of drug-likeness (QED) is 0.649. The molecule has 0 saturated heterocycles. The number of terminal acetylenes is 1. The summed E-state index contributed by atoms with van der Waals surface area (Å²) in [6.07, 6.45) is 5.24. The van der Waals surface area contributed by atoms with E-state index < -0.39 is 11.6 Å². The summed E-state index contributed by atoms with van der Waals surface area (Å²) in [5.74, 6) is 1.15. The maximum atomic E-state index is 10.9. The normalized spacial score (nSPS) is 10.6. The number of aromatic nitrogens is 1. The second kappa shape index (κ2) is 4.42. The highest BCUT2D eigenvalue weighted by Gasteiger charge is 2.21. The van der Waals surface area contributed by atoms with Gasteiger partial charge in [0.2, 0.25) is 5.88 Å². The zero-order valence-electron chi connectivity index (χ0n) is 8.82. The van der Waals surface area contributed by atoms with E-state index >= 15 is 0 Å². The van der Waals surface area contributed by atoms with Crippen molar-refractivity contribution < 1.29 is 14.6 Å². The van der Waals surface area contributed by atoms with E-state index in [0.29, 0.717) is 0 Å². The molecule has 0 atom stereocenters. The van der Waals surface area contributed by atoms with E-state index in [1.54, 1.807) is 13.8 Å². The summed E-state index contributed by atoms with van der Waals surface area (Å²) in [6.45, 7) is 3.25. The molecule has 1 aromatic rings. The van der Waals surface area contributed by atoms with Gasteiger partial charge in [0.05, 0.1) is 0 Å². The van der Waals surface area contributed by atoms with Gasteiger partial charge in [0, 0.05) is 0 Å². The maximum absolute atomic E-state index is 10.9. The van der Waals surface area contributed by atoms with Crippen LogP contribution >= 0.6 is 11.6 Å². The number of pyridine rings is 1. The number of halogens is 1. The van der Waals surface area contributed by atoms with Crippen molar-refractivity contribution in [1.82, 2.24) is 4.98 Å². The second-order valence-corrected chi connectivity index (χ2v) is 3.94. The van der Waals surface area contributed by atoms with Gasteiger partial charge >= 0.3 is 5.97 Å². The van der Waals surface area contributed by atoms with E-state index in [2.05, 4.69) is 10.9 Å². The van der Waals surface area contributed by atoms with Gasteiger partial charge in [0.1, 0.15) is 10.7 Å². The lowest BCUT2D eigenvalue weighted by atomic mass is 10.1. The number of carbonyl (C=O) groups is 1. The minimum atomic E-state index is -1.15. The number of carboxylic acids is 1. The Morgan fingerprint density at radius 1 is 1.62 bits per heavy atom. The van der Waals surface area contributed by atoms with Crippen molar-refractivity contribution in [2.24, 2.45) is 0 Å². The Balaban J connectivity index is 3.17. The molecule has 16 heavy (non-hydrogen) atoms. The van der Waals surface area contributed by atoms with Crippen molar-refractivity contribution >= 4 is 17.6 Å². The van der Waals surface area contributed by atoms with Gasteiger partial charge in [-0.05, 0) is 26.0 Å². The first-order valence-electron chi connectivity index (χ1n) is 4.42. The summed E-state index contributed by atoms with van der Waals surface area (Å²) in [5.41, 5.74) is -1.02. The number of hydrogen-bond donors (Lipinski definition) is 1. The molecule has 0 amide bonds. The fourth-order valence-corrected chi connectivity index (χ4v) is 1.07. The Labute approximate surface area is 98.2 Å². The topological polar surface area (TPSA) is 59.4 Å². The van der Waals surface area contributed by atoms with Crippen molar-refractivity contribution in [1.29, 1.82) is 0 Å². The Kier molecular flexibility index (Phi) is 3.41. The highest BCUT2D eigenvalue weighted by Crippen LogP contribution is 2.23. The molecular formula is C11H10ClNO3. The molecule has 5 heteroatoms. The van der Waals surface area contributed by atoms with Crippen molar-refractivity contribution in [3.8, 4) is 18.2 Å². The molecule has 0 aromatic carbocycles. The number of carboxylic acid groups (broad SMARTS) is 1. The Morgan fingerprint density at radius 3 is 2.75 bits per heavy atom. The predicted molar refractivity (Wildman–Crippen MR) is 59.7 cm³/mol. The lowest BCUT2D eigenvalue weighted by Gasteiger charge is -2.20. The molecule has 4 nitrogen and oxygen atoms in total. The smallest absolute Gasteiger partial charge is 0.341 e. The van der Waals surface area contributed by atoms with Gasteiger partial charge in [-0.1, -0.05) is 17.5 Å². The fourth-order valence-electron chi connectivity index (χ4n) is 0.930. The Morgan fingerprint density at radius 2 is 2.25 bits per heavy atom. The number of ether oxygens (including phenoxy) is 1. The maximum Gasteiger partial charge on any atom is 0.341 e. The summed E-state index contributed by atoms with van der Waals surface area (Å²) in [4.78, 5) is 14.7. The average molecular weight is 240 g/mol. The summed E-state index contributed by atoms with van der Waals surface area (Å²) < 4.78 is 5.31. The molecule has 0 aliphatic carbocycles. The average Bonchev–Trinajstić information content (AvgIpc) is 2.16. The van der Waals surface area contributed by atoms with E-state index in [9.17, 15) is 4.79 Å². The molecule has 84 valence electrons. The Bertz CT molecular complexity index is 463. The van der Waals surface area contributed by atoms with Crippen molar-refractivity contribution in [3.63, 3.8) is 0 Å². The van der Waals surface area contributed by atoms with Crippen LogP contribution in [0.2, 0.25) is 5.15 Å². The molecule has 1 aromatic heterocycles. The predicted octanol–water partition coefficient (Wildman–Crippen LogP) is 2.22. The number of nitrogens with zero attached hydrogens (tertiary/aromatic N) is 1. The van der Waals surface area contributed by atoms with Crippen molar-refractivity contribution in [2.75, 3.05) is 0 Å². The van der Waals surface area contributed by atoms with Crippen LogP contribution in [0.1, 0.15) is 24.2 Å². The molecular weight excluding hydrogens is 230 g/mol. The molecule has 0 saturated carbocycles. The van der Waals surface area contributed by atoms with Crippen LogP contribution in [0.25, 0.3) is 0 Å². The standard InChI is InChI=1S/C11H10ClNO3/c1-4-11(2,3)16-9-7(10(14)15)5-6-8(12)13-9/h1,5-6H,2-3H3,(H,14,15). The number of rotatable bonds is 3. The minimum Gasteiger partial charge on any atom is -0.477 e. The third-order valence-corrected chi connectivity index (χ3v) is 1.97. The molecule has 0 fully saturated rings. The van der Waals surface area contributed by atoms with Crippen LogP contribution in [0.15, 0.2) is 12.1 Å². The highest BCUT2D eigenvalue weighted by atomic mass is 35.5. The van der Waals surface area contributed by atoms with Gasteiger partial charge in [-0.2, -0.15) is 0 Å². The summed E-state index contributed by atoms with van der Waals surface area (Å²) >= 11 is 5.66. The van der Waals surface area contributed by atoms with E-state index in [1.165, 1.54) is 12.1 Å². The monoisotopic (exact) mass is 239 g/mol. The largest absolute Gasteiger partial charge is 0.477 e. The fraction of sp³-hybridized carbons (Fsp3) is 0.273. The first-order chi connectivity index (χ1) is 7.35. The van der Waals surface area contributed by atoms with Crippen LogP contribution in [0.4, 0.5) is 0 Å². The van der Waals surface area contributed by atoms with Gasteiger partial charge in [0.25, 0.3) is 0 Å². The van der Waals surface area contributed by atoms with Crippen molar-refractivity contribution in [2.45, 2.75) is 19.4 Å². The van der Waals surface area contributed by atoms with E-state index in [0.717, 1.165) is 0 Å². The molecule has 0 bridgehead atoms. The van der Waals surface area contributed by atoms with Crippen LogP contribution in [-0.4, -0.2) is 21.7 Å². The first kappa shape index (κ1) is 12.3. The van der Waals surface area contributed by atoms with Gasteiger partial charge < -0.3 is 9.84 Å².